The van der Waals surface area contributed by atoms with Crippen molar-refractivity contribution in [3.63, 3.8) is 0 Å². The van der Waals surface area contributed by atoms with Crippen LogP contribution in [0.5, 0.6) is 0 Å². The van der Waals surface area contributed by atoms with Crippen molar-refractivity contribution in [2.24, 2.45) is 0 Å². The number of carbonyl (C=O) groups excluding carboxylic acids is 2. The van der Waals surface area contributed by atoms with Gasteiger partial charge in [-0.2, -0.15) is 0 Å². The standard InChI is InChI=1S/C63H114NO8P/c1-6-8-10-12-14-16-18-20-22-24-26-27-28-29-30-31-32-33-34-35-36-38-39-41-43-45-47-49-51-53-55-62(65)69-59-61(60-71-73(67,68)70-58-57-64(3,4)5)72-63(66)56-54-52-50-48-46-44-42-40-37-25-23-21-19-17-15-13-11-9-7-2/h9,11,15,17,21,23,37,40,44,46,50,52,61H,6-8,10,12-14,16,18-20,22,24-36,38-39,41-43,45,47-49,51,53-60H2,1-5H3/b11-9-,17-15-,23-21-,40-37-,46-44-,52-50-. The van der Waals surface area contributed by atoms with Crippen LogP contribution in [0.1, 0.15) is 264 Å². The van der Waals surface area contributed by atoms with E-state index in [-0.39, 0.29) is 26.1 Å². The highest BCUT2D eigenvalue weighted by Crippen LogP contribution is 2.38. The Labute approximate surface area is 450 Å². The average Bonchev–Trinajstić information content (AvgIpc) is 3.35. The number of carbonyl (C=O) groups is 2. The van der Waals surface area contributed by atoms with Gasteiger partial charge in [-0.1, -0.05) is 273 Å². The van der Waals surface area contributed by atoms with E-state index in [9.17, 15) is 19.0 Å². The summed E-state index contributed by atoms with van der Waals surface area (Å²) in [6.45, 7) is 4.06. The van der Waals surface area contributed by atoms with Crippen LogP contribution < -0.4 is 4.89 Å². The molecule has 0 aliphatic heterocycles. The molecular formula is C63H114NO8P. The maximum absolute atomic E-state index is 12.7. The summed E-state index contributed by atoms with van der Waals surface area (Å²) in [6, 6.07) is 0. The smallest absolute Gasteiger partial charge is 0.306 e. The molecule has 0 aromatic heterocycles. The Hall–Kier alpha value is -2.55. The van der Waals surface area contributed by atoms with E-state index in [2.05, 4.69) is 74.6 Å². The average molecular weight is 1040 g/mol. The molecule has 2 unspecified atom stereocenters. The number of phosphoric ester groups is 1. The lowest BCUT2D eigenvalue weighted by Crippen LogP contribution is -2.37. The molecule has 10 heteroatoms. The van der Waals surface area contributed by atoms with Gasteiger partial charge in [-0.25, -0.2) is 0 Å². The summed E-state index contributed by atoms with van der Waals surface area (Å²) in [5.74, 6) is -0.925. The van der Waals surface area contributed by atoms with Crippen LogP contribution in [0.2, 0.25) is 0 Å². The first-order valence-corrected chi connectivity index (χ1v) is 31.6. The van der Waals surface area contributed by atoms with E-state index < -0.39 is 32.5 Å². The van der Waals surface area contributed by atoms with Crippen molar-refractivity contribution in [2.75, 3.05) is 47.5 Å². The Balaban J connectivity index is 4.13. The van der Waals surface area contributed by atoms with E-state index in [4.69, 9.17) is 18.5 Å². The first-order chi connectivity index (χ1) is 35.5. The van der Waals surface area contributed by atoms with Crippen molar-refractivity contribution in [1.82, 2.24) is 0 Å². The quantitative estimate of drug-likeness (QED) is 0.0195. The number of rotatable bonds is 55. The lowest BCUT2D eigenvalue weighted by Gasteiger charge is -2.28. The van der Waals surface area contributed by atoms with E-state index in [1.54, 1.807) is 0 Å². The van der Waals surface area contributed by atoms with Gasteiger partial charge in [0, 0.05) is 12.8 Å². The second-order valence-corrected chi connectivity index (χ2v) is 22.8. The molecule has 73 heavy (non-hydrogen) atoms. The van der Waals surface area contributed by atoms with Gasteiger partial charge < -0.3 is 27.9 Å². The van der Waals surface area contributed by atoms with Crippen LogP contribution in [0.25, 0.3) is 0 Å². The summed E-state index contributed by atoms with van der Waals surface area (Å²) < 4.78 is 34.0. The van der Waals surface area contributed by atoms with E-state index >= 15 is 0 Å². The molecule has 0 bridgehead atoms. The van der Waals surface area contributed by atoms with Gasteiger partial charge in [-0.15, -0.1) is 0 Å². The van der Waals surface area contributed by atoms with Gasteiger partial charge >= 0.3 is 11.9 Å². The van der Waals surface area contributed by atoms with E-state index in [1.807, 2.05) is 33.3 Å². The Bertz CT molecular complexity index is 1460. The van der Waals surface area contributed by atoms with E-state index in [0.29, 0.717) is 17.4 Å². The molecule has 0 heterocycles. The van der Waals surface area contributed by atoms with E-state index in [0.717, 1.165) is 57.8 Å². The zero-order valence-corrected chi connectivity index (χ0v) is 49.0. The van der Waals surface area contributed by atoms with Gasteiger partial charge in [-0.05, 0) is 51.4 Å². The summed E-state index contributed by atoms with van der Waals surface area (Å²) in [5.41, 5.74) is 0. The van der Waals surface area contributed by atoms with Crippen molar-refractivity contribution in [3.05, 3.63) is 72.9 Å². The maximum atomic E-state index is 12.7. The van der Waals surface area contributed by atoms with Crippen molar-refractivity contribution in [2.45, 2.75) is 270 Å². The first-order valence-electron chi connectivity index (χ1n) is 30.1. The largest absolute Gasteiger partial charge is 0.756 e. The molecule has 9 nitrogen and oxygen atoms in total. The van der Waals surface area contributed by atoms with Gasteiger partial charge in [0.2, 0.25) is 0 Å². The highest BCUT2D eigenvalue weighted by Gasteiger charge is 2.21. The number of quaternary nitrogens is 1. The van der Waals surface area contributed by atoms with E-state index in [1.165, 1.54) is 173 Å². The van der Waals surface area contributed by atoms with Crippen molar-refractivity contribution in [3.8, 4) is 0 Å². The Morgan fingerprint density at radius 2 is 0.781 bits per heavy atom. The van der Waals surface area contributed by atoms with Crippen LogP contribution in [-0.4, -0.2) is 70.0 Å². The summed E-state index contributed by atoms with van der Waals surface area (Å²) >= 11 is 0. The molecule has 0 fully saturated rings. The molecule has 0 radical (unpaired) electrons. The third-order valence-electron chi connectivity index (χ3n) is 13.0. The molecule has 0 rings (SSSR count). The summed E-state index contributed by atoms with van der Waals surface area (Å²) in [7, 11) is 1.12. The maximum Gasteiger partial charge on any atom is 0.306 e. The van der Waals surface area contributed by atoms with Crippen LogP contribution in [0.3, 0.4) is 0 Å². The fraction of sp³-hybridized carbons (Fsp3) is 0.778. The predicted octanol–water partition coefficient (Wildman–Crippen LogP) is 18.2. The van der Waals surface area contributed by atoms with Gasteiger partial charge in [-0.3, -0.25) is 14.2 Å². The number of nitrogens with zero attached hydrogens (tertiary/aromatic N) is 1. The molecule has 2 atom stereocenters. The second kappa shape index (κ2) is 54.2. The number of hydrogen-bond acceptors (Lipinski definition) is 8. The van der Waals surface area contributed by atoms with Gasteiger partial charge in [0.25, 0.3) is 7.82 Å². The van der Waals surface area contributed by atoms with Crippen molar-refractivity contribution >= 4 is 19.8 Å². The fourth-order valence-electron chi connectivity index (χ4n) is 8.39. The molecule has 0 aromatic carbocycles. The monoisotopic (exact) mass is 1040 g/mol. The molecule has 0 aliphatic rings. The minimum Gasteiger partial charge on any atom is -0.756 e. The lowest BCUT2D eigenvalue weighted by molar-refractivity contribution is -0.870. The van der Waals surface area contributed by atoms with Gasteiger partial charge in [0.05, 0.1) is 27.7 Å². The third-order valence-corrected chi connectivity index (χ3v) is 14.0. The highest BCUT2D eigenvalue weighted by molar-refractivity contribution is 7.45. The Morgan fingerprint density at radius 3 is 1.14 bits per heavy atom. The SMILES string of the molecule is CC/C=C\C/C=C\C/C=C\C/C=C\C/C=C\C/C=C\CCC(=O)OC(COC(=O)CCCCCCCCCCCCCCCCCCCCCCCCCCCCCCCC)COP(=O)([O-])OCC[N+](C)(C)C. The highest BCUT2D eigenvalue weighted by atomic mass is 31.2. The molecule has 0 saturated heterocycles. The molecule has 0 amide bonds. The molecule has 0 aliphatic carbocycles. The first kappa shape index (κ1) is 70.5. The van der Waals surface area contributed by atoms with Gasteiger partial charge in [0.15, 0.2) is 6.10 Å². The zero-order chi connectivity index (χ0) is 53.5. The topological polar surface area (TPSA) is 111 Å². The van der Waals surface area contributed by atoms with Crippen molar-refractivity contribution in [1.29, 1.82) is 0 Å². The third kappa shape index (κ3) is 58.6. The molecule has 0 N–H and O–H groups in total. The van der Waals surface area contributed by atoms with Crippen LogP contribution in [0.15, 0.2) is 72.9 Å². The minimum atomic E-state index is -4.66. The Morgan fingerprint density at radius 1 is 0.438 bits per heavy atom. The number of esters is 2. The molecule has 424 valence electrons. The zero-order valence-electron chi connectivity index (χ0n) is 48.1. The molecular weight excluding hydrogens is 930 g/mol. The normalized spacial score (nSPS) is 13.8. The lowest BCUT2D eigenvalue weighted by atomic mass is 10.0. The van der Waals surface area contributed by atoms with Crippen LogP contribution >= 0.6 is 7.82 Å². The second-order valence-electron chi connectivity index (χ2n) is 21.3. The van der Waals surface area contributed by atoms with Gasteiger partial charge in [0.1, 0.15) is 19.8 Å². The number of unbranched alkanes of at least 4 members (excludes halogenated alkanes) is 29. The Kier molecular flexibility index (Phi) is 52.4. The minimum absolute atomic E-state index is 0.0463. The molecule has 0 aromatic rings. The number of ether oxygens (including phenoxy) is 2. The van der Waals surface area contributed by atoms with Crippen LogP contribution in [-0.2, 0) is 32.7 Å². The number of hydrogen-bond donors (Lipinski definition) is 0. The van der Waals surface area contributed by atoms with Crippen LogP contribution in [0, 0.1) is 0 Å². The number of phosphoric acid groups is 1. The summed E-state index contributed by atoms with van der Waals surface area (Å²) in [6.07, 6.45) is 71.4. The van der Waals surface area contributed by atoms with Crippen molar-refractivity contribution < 1.29 is 42.1 Å². The summed E-state index contributed by atoms with van der Waals surface area (Å²) in [4.78, 5) is 37.8. The molecule has 0 saturated carbocycles. The fourth-order valence-corrected chi connectivity index (χ4v) is 9.12. The predicted molar refractivity (Wildman–Crippen MR) is 309 cm³/mol. The summed E-state index contributed by atoms with van der Waals surface area (Å²) in [5, 5.41) is 0. The van der Waals surface area contributed by atoms with Crippen LogP contribution in [0.4, 0.5) is 0 Å². The number of allylic oxidation sites excluding steroid dienone is 12. The molecule has 0 spiro atoms. The number of likely N-dealkylation sites (N-methyl/N-ethyl adjacent to an activating group) is 1.